The van der Waals surface area contributed by atoms with Crippen LogP contribution >= 0.6 is 22.7 Å². The van der Waals surface area contributed by atoms with Crippen molar-refractivity contribution < 1.29 is 0 Å². The lowest BCUT2D eigenvalue weighted by Gasteiger charge is -1.97. The molecule has 19 heavy (non-hydrogen) atoms. The smallest absolute Gasteiger partial charge is 0.234 e. The van der Waals surface area contributed by atoms with Crippen LogP contribution in [0.5, 0.6) is 0 Å². The van der Waals surface area contributed by atoms with Crippen molar-refractivity contribution in [2.24, 2.45) is 0 Å². The van der Waals surface area contributed by atoms with Crippen molar-refractivity contribution in [3.8, 4) is 10.6 Å². The van der Waals surface area contributed by atoms with Crippen molar-refractivity contribution in [3.63, 3.8) is 0 Å². The number of thiophene rings is 1. The number of nitrogens with two attached hydrogens (primary N) is 1. The van der Waals surface area contributed by atoms with E-state index in [9.17, 15) is 0 Å². The number of nitrogen functional groups attached to an aromatic ring is 1. The third kappa shape index (κ3) is 2.02. The zero-order valence-corrected chi connectivity index (χ0v) is 12.7. The molecule has 0 bridgehead atoms. The number of anilines is 1. The van der Waals surface area contributed by atoms with E-state index in [1.165, 1.54) is 16.2 Å². The minimum Gasteiger partial charge on any atom is -0.390 e. The van der Waals surface area contributed by atoms with E-state index in [1.54, 1.807) is 11.3 Å². The number of nitrogens with zero attached hydrogens (tertiary/aromatic N) is 4. The minimum absolute atomic E-state index is 0.302. The van der Waals surface area contributed by atoms with Crippen molar-refractivity contribution >= 4 is 32.6 Å². The Kier molecular flexibility index (Phi) is 3.02. The number of hydrogen-bond acceptors (Lipinski definition) is 6. The van der Waals surface area contributed by atoms with Crippen LogP contribution in [0.4, 0.5) is 5.00 Å². The first-order valence-electron chi connectivity index (χ1n) is 6.20. The summed E-state index contributed by atoms with van der Waals surface area (Å²) in [5, 5.41) is 14.7. The lowest BCUT2D eigenvalue weighted by Crippen LogP contribution is -1.98. The molecule has 3 heterocycles. The molecule has 0 fully saturated rings. The Morgan fingerprint density at radius 3 is 2.74 bits per heavy atom. The van der Waals surface area contributed by atoms with Gasteiger partial charge in [-0.15, -0.1) is 21.5 Å². The number of rotatable bonds is 3. The topological polar surface area (TPSA) is 69.1 Å². The van der Waals surface area contributed by atoms with E-state index in [0.29, 0.717) is 5.92 Å². The first-order valence-corrected chi connectivity index (χ1v) is 7.84. The van der Waals surface area contributed by atoms with Crippen molar-refractivity contribution in [2.75, 3.05) is 5.73 Å². The zero-order chi connectivity index (χ0) is 13.6. The SMILES string of the molecule is CCc1cc(-c2nn3c(C(C)C)nnc3s2)c(N)s1. The molecule has 7 heteroatoms. The molecule has 0 saturated carbocycles. The van der Waals surface area contributed by atoms with Crippen LogP contribution in [0.15, 0.2) is 6.07 Å². The summed E-state index contributed by atoms with van der Waals surface area (Å²) < 4.78 is 1.83. The Labute approximate surface area is 119 Å². The van der Waals surface area contributed by atoms with Crippen LogP contribution in [0.2, 0.25) is 0 Å². The van der Waals surface area contributed by atoms with Crippen LogP contribution in [-0.2, 0) is 6.42 Å². The monoisotopic (exact) mass is 293 g/mol. The van der Waals surface area contributed by atoms with Gasteiger partial charge < -0.3 is 5.73 Å². The van der Waals surface area contributed by atoms with E-state index in [1.807, 2.05) is 4.52 Å². The first-order chi connectivity index (χ1) is 9.10. The molecule has 0 atom stereocenters. The van der Waals surface area contributed by atoms with Gasteiger partial charge in [-0.3, -0.25) is 0 Å². The largest absolute Gasteiger partial charge is 0.390 e. The van der Waals surface area contributed by atoms with Crippen molar-refractivity contribution in [2.45, 2.75) is 33.1 Å². The molecular formula is C12H15N5S2. The summed E-state index contributed by atoms with van der Waals surface area (Å²) >= 11 is 3.16. The van der Waals surface area contributed by atoms with Gasteiger partial charge in [0.2, 0.25) is 4.96 Å². The van der Waals surface area contributed by atoms with Crippen molar-refractivity contribution in [3.05, 3.63) is 16.8 Å². The maximum atomic E-state index is 6.08. The van der Waals surface area contributed by atoms with Crippen LogP contribution in [0, 0.1) is 0 Å². The van der Waals surface area contributed by atoms with E-state index in [4.69, 9.17) is 5.73 Å². The Morgan fingerprint density at radius 1 is 1.32 bits per heavy atom. The van der Waals surface area contributed by atoms with Crippen LogP contribution in [0.3, 0.4) is 0 Å². The molecule has 2 N–H and O–H groups in total. The van der Waals surface area contributed by atoms with Gasteiger partial charge >= 0.3 is 0 Å². The summed E-state index contributed by atoms with van der Waals surface area (Å²) in [6, 6.07) is 2.13. The molecule has 3 aromatic rings. The van der Waals surface area contributed by atoms with Gasteiger partial charge in [0, 0.05) is 16.4 Å². The average Bonchev–Trinajstić information content (AvgIpc) is 3.00. The molecule has 3 aromatic heterocycles. The Bertz CT molecular complexity index is 722. The summed E-state index contributed by atoms with van der Waals surface area (Å²) in [5.74, 6) is 1.19. The van der Waals surface area contributed by atoms with Crippen LogP contribution in [0.1, 0.15) is 37.4 Å². The summed E-state index contributed by atoms with van der Waals surface area (Å²) in [4.78, 5) is 2.10. The van der Waals surface area contributed by atoms with E-state index in [0.717, 1.165) is 32.8 Å². The highest BCUT2D eigenvalue weighted by Gasteiger charge is 2.17. The van der Waals surface area contributed by atoms with Crippen molar-refractivity contribution in [1.82, 2.24) is 19.8 Å². The van der Waals surface area contributed by atoms with Gasteiger partial charge in [0.05, 0.1) is 5.00 Å². The standard InChI is InChI=1S/C12H15N5S2/c1-4-7-5-8(9(13)18-7)11-16-17-10(6(2)3)14-15-12(17)19-11/h5-6H,4,13H2,1-3H3. The fraction of sp³-hybridized carbons (Fsp3) is 0.417. The normalized spacial score (nSPS) is 11.8. The molecule has 0 amide bonds. The Hall–Kier alpha value is -1.47. The number of aromatic nitrogens is 4. The van der Waals surface area contributed by atoms with Gasteiger partial charge in [-0.25, -0.2) is 0 Å². The number of aryl methyl sites for hydroxylation is 1. The molecule has 0 radical (unpaired) electrons. The quantitative estimate of drug-likeness (QED) is 0.805. The Balaban J connectivity index is 2.12. The first kappa shape index (κ1) is 12.6. The zero-order valence-electron chi connectivity index (χ0n) is 11.0. The fourth-order valence-electron chi connectivity index (χ4n) is 1.90. The lowest BCUT2D eigenvalue weighted by atomic mass is 10.2. The van der Waals surface area contributed by atoms with Crippen LogP contribution in [0.25, 0.3) is 15.5 Å². The molecule has 0 aliphatic rings. The third-order valence-electron chi connectivity index (χ3n) is 2.92. The molecular weight excluding hydrogens is 278 g/mol. The van der Waals surface area contributed by atoms with E-state index in [-0.39, 0.29) is 0 Å². The highest BCUT2D eigenvalue weighted by atomic mass is 32.1. The average molecular weight is 293 g/mol. The predicted molar refractivity (Wildman–Crippen MR) is 79.9 cm³/mol. The molecule has 0 unspecified atom stereocenters. The van der Waals surface area contributed by atoms with Gasteiger partial charge in [-0.1, -0.05) is 32.1 Å². The maximum absolute atomic E-state index is 6.08. The second kappa shape index (κ2) is 4.57. The molecule has 0 aliphatic heterocycles. The summed E-state index contributed by atoms with van der Waals surface area (Å²) in [7, 11) is 0. The molecule has 100 valence electrons. The van der Waals surface area contributed by atoms with Gasteiger partial charge in [0.15, 0.2) is 10.8 Å². The van der Waals surface area contributed by atoms with Gasteiger partial charge in [-0.2, -0.15) is 9.61 Å². The molecule has 3 rings (SSSR count). The highest BCUT2D eigenvalue weighted by molar-refractivity contribution is 7.21. The summed E-state index contributed by atoms with van der Waals surface area (Å²) in [6.45, 7) is 6.30. The fourth-order valence-corrected chi connectivity index (χ4v) is 3.71. The van der Waals surface area contributed by atoms with Gasteiger partial charge in [0.25, 0.3) is 0 Å². The van der Waals surface area contributed by atoms with Crippen LogP contribution < -0.4 is 5.73 Å². The molecule has 5 nitrogen and oxygen atoms in total. The summed E-state index contributed by atoms with van der Waals surface area (Å²) in [6.07, 6.45) is 0.996. The van der Waals surface area contributed by atoms with Gasteiger partial charge in [0.1, 0.15) is 0 Å². The minimum atomic E-state index is 0.302. The second-order valence-electron chi connectivity index (χ2n) is 4.66. The highest BCUT2D eigenvalue weighted by Crippen LogP contribution is 2.36. The lowest BCUT2D eigenvalue weighted by molar-refractivity contribution is 0.727. The van der Waals surface area contributed by atoms with Crippen LogP contribution in [-0.4, -0.2) is 19.8 Å². The molecule has 0 spiro atoms. The second-order valence-corrected chi connectivity index (χ2v) is 6.78. The Morgan fingerprint density at radius 2 is 2.11 bits per heavy atom. The van der Waals surface area contributed by atoms with E-state index in [2.05, 4.69) is 42.1 Å². The maximum Gasteiger partial charge on any atom is 0.234 e. The molecule has 0 saturated heterocycles. The van der Waals surface area contributed by atoms with Crippen molar-refractivity contribution in [1.29, 1.82) is 0 Å². The third-order valence-corrected chi connectivity index (χ3v) is 4.96. The number of fused-ring (bicyclic) bond motifs is 1. The summed E-state index contributed by atoms with van der Waals surface area (Å²) in [5.41, 5.74) is 7.10. The van der Waals surface area contributed by atoms with E-state index < -0.39 is 0 Å². The predicted octanol–water partition coefficient (Wildman–Crippen LogP) is 3.18. The molecule has 0 aliphatic carbocycles. The molecule has 0 aromatic carbocycles. The number of hydrogen-bond donors (Lipinski definition) is 1. The van der Waals surface area contributed by atoms with E-state index >= 15 is 0 Å². The van der Waals surface area contributed by atoms with Gasteiger partial charge in [-0.05, 0) is 12.5 Å².